The van der Waals surface area contributed by atoms with E-state index in [4.69, 9.17) is 18.0 Å². The maximum atomic E-state index is 14.0. The van der Waals surface area contributed by atoms with Crippen LogP contribution in [0.2, 0.25) is 54.4 Å². The van der Waals surface area contributed by atoms with Gasteiger partial charge in [-0.3, -0.25) is 14.3 Å². The molecule has 1 N–H and O–H groups in total. The van der Waals surface area contributed by atoms with Gasteiger partial charge in [0.25, 0.3) is 5.56 Å². The topological polar surface area (TPSA) is 91.8 Å². The predicted molar refractivity (Wildman–Crippen MR) is 194 cm³/mol. The van der Waals surface area contributed by atoms with Crippen molar-refractivity contribution in [3.63, 3.8) is 0 Å². The summed E-state index contributed by atoms with van der Waals surface area (Å²) < 4.78 is 30.9. The zero-order valence-electron chi connectivity index (χ0n) is 31.1. The van der Waals surface area contributed by atoms with E-state index in [9.17, 15) is 9.59 Å². The van der Waals surface area contributed by atoms with Crippen LogP contribution < -0.4 is 11.2 Å². The lowest BCUT2D eigenvalue weighted by Gasteiger charge is -2.47. The van der Waals surface area contributed by atoms with Crippen molar-refractivity contribution in [3.8, 4) is 0 Å². The molecule has 11 heteroatoms. The second-order valence-corrected chi connectivity index (χ2v) is 32.4. The van der Waals surface area contributed by atoms with E-state index in [1.165, 1.54) is 0 Å². The first-order valence-corrected chi connectivity index (χ1v) is 25.6. The van der Waals surface area contributed by atoms with E-state index in [2.05, 4.69) is 119 Å². The van der Waals surface area contributed by atoms with E-state index in [-0.39, 0.29) is 21.0 Å². The number of hydrogen-bond donors (Lipinski definition) is 1. The van der Waals surface area contributed by atoms with Crippen molar-refractivity contribution in [2.75, 3.05) is 6.61 Å². The third-order valence-corrected chi connectivity index (χ3v) is 25.2. The molecular weight excluding hydrogens is 629 g/mol. The van der Waals surface area contributed by atoms with Gasteiger partial charge < -0.3 is 18.0 Å². The second-order valence-electron chi connectivity index (χ2n) is 18.1. The Bertz CT molecular complexity index is 1510. The molecule has 4 rings (SSSR count). The molecule has 2 aliphatic heterocycles. The van der Waals surface area contributed by atoms with Crippen molar-refractivity contribution in [1.29, 1.82) is 0 Å². The Hall–Kier alpha value is -1.61. The molecule has 8 nitrogen and oxygen atoms in total. The number of fused-ring (bicyclic) bond motifs is 2. The van der Waals surface area contributed by atoms with Crippen LogP contribution in [0.1, 0.15) is 79.5 Å². The van der Waals surface area contributed by atoms with Gasteiger partial charge in [0.1, 0.15) is 18.3 Å². The van der Waals surface area contributed by atoms with E-state index < -0.39 is 60.2 Å². The van der Waals surface area contributed by atoms with Crippen molar-refractivity contribution in [3.05, 3.63) is 68.5 Å². The Kier molecular flexibility index (Phi) is 9.76. The minimum Gasteiger partial charge on any atom is -0.414 e. The van der Waals surface area contributed by atoms with Crippen LogP contribution in [0.4, 0.5) is 0 Å². The van der Waals surface area contributed by atoms with Gasteiger partial charge in [0.05, 0.1) is 6.61 Å². The summed E-state index contributed by atoms with van der Waals surface area (Å²) in [4.78, 5) is 29.3. The van der Waals surface area contributed by atoms with Gasteiger partial charge in [-0.05, 0) is 66.4 Å². The first-order chi connectivity index (χ1) is 20.8. The van der Waals surface area contributed by atoms with Crippen LogP contribution in [-0.2, 0) is 30.2 Å². The van der Waals surface area contributed by atoms with E-state index in [0.29, 0.717) is 18.7 Å². The molecule has 258 valence electrons. The van der Waals surface area contributed by atoms with Gasteiger partial charge in [0.2, 0.25) is 0 Å². The third-order valence-electron chi connectivity index (χ3n) is 11.8. The molecule has 1 aromatic heterocycles. The van der Waals surface area contributed by atoms with Gasteiger partial charge in [-0.2, -0.15) is 0 Å². The van der Waals surface area contributed by atoms with Crippen molar-refractivity contribution >= 4 is 25.0 Å². The third kappa shape index (κ3) is 6.66. The van der Waals surface area contributed by atoms with Crippen LogP contribution >= 0.6 is 0 Å². The standard InChI is InChI=1S/C35H60N2O6Si3/c1-32(2,3)44(10,11)40-23-27-29(42-45(12,13)33(4,5)6)30(43-46(14,15)34(7,8)9)35(41-27)26(24-19-17-16-18-20-24)21-25-22-28(38)36-31(39)37(25)35/h16-20,22,26-27,29-30H,21,23H2,1-15H3,(H,36,38,39)/t26-,27-,29-,30-,35-/m1/s1. The van der Waals surface area contributed by atoms with Crippen LogP contribution in [0.15, 0.2) is 46.0 Å². The van der Waals surface area contributed by atoms with Crippen molar-refractivity contribution in [1.82, 2.24) is 9.55 Å². The molecule has 1 fully saturated rings. The van der Waals surface area contributed by atoms with Gasteiger partial charge in [-0.15, -0.1) is 0 Å². The van der Waals surface area contributed by atoms with Crippen molar-refractivity contribution in [2.24, 2.45) is 0 Å². The summed E-state index contributed by atoms with van der Waals surface area (Å²) in [6.07, 6.45) is -1.18. The maximum Gasteiger partial charge on any atom is 0.330 e. The first kappa shape index (κ1) is 37.2. The first-order valence-electron chi connectivity index (χ1n) is 16.8. The minimum absolute atomic E-state index is 0.000919. The molecule has 0 bridgehead atoms. The number of ether oxygens (including phenoxy) is 1. The van der Waals surface area contributed by atoms with E-state index in [1.807, 2.05) is 18.2 Å². The molecule has 0 aliphatic carbocycles. The number of nitrogens with one attached hydrogen (secondary N) is 1. The quantitative estimate of drug-likeness (QED) is 0.286. The number of aromatic nitrogens is 2. The fraction of sp³-hybridized carbons (Fsp3) is 0.714. The van der Waals surface area contributed by atoms with Crippen LogP contribution in [0.25, 0.3) is 0 Å². The summed E-state index contributed by atoms with van der Waals surface area (Å²) >= 11 is 0. The molecule has 1 aromatic carbocycles. The summed E-state index contributed by atoms with van der Waals surface area (Å²) in [5.41, 5.74) is -0.488. The molecule has 2 aromatic rings. The van der Waals surface area contributed by atoms with Gasteiger partial charge in [-0.25, -0.2) is 4.79 Å². The fourth-order valence-corrected chi connectivity index (χ4v) is 9.45. The summed E-state index contributed by atoms with van der Waals surface area (Å²) in [7, 11) is -7.08. The molecule has 3 heterocycles. The van der Waals surface area contributed by atoms with Gasteiger partial charge >= 0.3 is 5.69 Å². The molecule has 5 atom stereocenters. The summed E-state index contributed by atoms with van der Waals surface area (Å²) in [6, 6.07) is 11.7. The monoisotopic (exact) mass is 688 g/mol. The Balaban J connectivity index is 2.03. The zero-order valence-corrected chi connectivity index (χ0v) is 34.1. The summed E-state index contributed by atoms with van der Waals surface area (Å²) in [6.45, 7) is 33.9. The van der Waals surface area contributed by atoms with Crippen LogP contribution in [-0.4, -0.2) is 59.4 Å². The molecule has 1 spiro atoms. The fourth-order valence-electron chi connectivity index (χ4n) is 5.83. The molecule has 2 aliphatic rings. The Labute approximate surface area is 280 Å². The van der Waals surface area contributed by atoms with Gasteiger partial charge in [0.15, 0.2) is 30.7 Å². The maximum absolute atomic E-state index is 14.0. The average molecular weight is 689 g/mol. The number of aromatic amines is 1. The highest BCUT2D eigenvalue weighted by molar-refractivity contribution is 6.75. The smallest absolute Gasteiger partial charge is 0.330 e. The number of hydrogen-bond acceptors (Lipinski definition) is 6. The van der Waals surface area contributed by atoms with Crippen LogP contribution in [0.5, 0.6) is 0 Å². The zero-order chi connectivity index (χ0) is 34.9. The Morgan fingerprint density at radius 3 is 1.87 bits per heavy atom. The lowest BCUT2D eigenvalue weighted by atomic mass is 9.84. The second kappa shape index (κ2) is 12.1. The molecule has 1 saturated heterocycles. The molecule has 46 heavy (non-hydrogen) atoms. The van der Waals surface area contributed by atoms with Gasteiger partial charge in [-0.1, -0.05) is 92.6 Å². The molecule has 0 amide bonds. The number of H-pyrrole nitrogens is 1. The van der Waals surface area contributed by atoms with E-state index >= 15 is 0 Å². The van der Waals surface area contributed by atoms with Gasteiger partial charge in [0, 0.05) is 17.7 Å². The van der Waals surface area contributed by atoms with E-state index in [0.717, 1.165) is 5.56 Å². The van der Waals surface area contributed by atoms with E-state index in [1.54, 1.807) is 10.6 Å². The Morgan fingerprint density at radius 2 is 1.35 bits per heavy atom. The van der Waals surface area contributed by atoms with Crippen LogP contribution in [0.3, 0.4) is 0 Å². The van der Waals surface area contributed by atoms with Crippen LogP contribution in [0, 0.1) is 0 Å². The highest BCUT2D eigenvalue weighted by Crippen LogP contribution is 2.56. The summed E-state index contributed by atoms with van der Waals surface area (Å²) in [5, 5.41) is -0.201. The van der Waals surface area contributed by atoms with Crippen molar-refractivity contribution in [2.45, 2.75) is 153 Å². The molecule has 0 radical (unpaired) electrons. The number of benzene rings is 1. The predicted octanol–water partition coefficient (Wildman–Crippen LogP) is 7.73. The highest BCUT2D eigenvalue weighted by atomic mass is 28.4. The average Bonchev–Trinajstić information content (AvgIpc) is 3.36. The lowest BCUT2D eigenvalue weighted by molar-refractivity contribution is -0.151. The molecular formula is C35H60N2O6Si3. The molecule has 0 unspecified atom stereocenters. The van der Waals surface area contributed by atoms with Crippen molar-refractivity contribution < 1.29 is 18.0 Å². The lowest BCUT2D eigenvalue weighted by Crippen LogP contribution is -2.60. The largest absolute Gasteiger partial charge is 0.414 e. The SMILES string of the molecule is CC(C)(C)[Si](C)(C)OC[C@H]1O[C@]2([C@@H](c3ccccc3)Cc3cc(=O)[nH]c(=O)n32)[C@H](O[Si](C)(C)C(C)(C)C)[C@@H]1O[Si](C)(C)C(C)(C)C. The minimum atomic E-state index is -2.49. The number of rotatable bonds is 8. The normalized spacial score (nSPS) is 26.2. The highest BCUT2D eigenvalue weighted by Gasteiger charge is 2.67. The Morgan fingerprint density at radius 1 is 0.826 bits per heavy atom. The summed E-state index contributed by atoms with van der Waals surface area (Å²) in [5.74, 6) is -0.297. The molecule has 0 saturated carbocycles. The number of nitrogens with zero attached hydrogens (tertiary/aromatic N) is 1.